The summed E-state index contributed by atoms with van der Waals surface area (Å²) in [5.74, 6) is 0.324. The van der Waals surface area contributed by atoms with Gasteiger partial charge in [-0.2, -0.15) is 0 Å². The molecule has 1 aliphatic carbocycles. The molecule has 0 radical (unpaired) electrons. The number of rotatable bonds is 5. The molecule has 1 fully saturated rings. The Labute approximate surface area is 119 Å². The largest absolute Gasteiger partial charge is 0.508 e. The summed E-state index contributed by atoms with van der Waals surface area (Å²) in [6.45, 7) is 1.88. The van der Waals surface area contributed by atoms with Crippen molar-refractivity contribution in [2.24, 2.45) is 0 Å². The molecule has 0 bridgehead atoms. The number of nitrogens with two attached hydrogens (primary N) is 1. The summed E-state index contributed by atoms with van der Waals surface area (Å²) in [6.07, 6.45) is 2.57. The van der Waals surface area contributed by atoms with Gasteiger partial charge in [0.2, 0.25) is 0 Å². The van der Waals surface area contributed by atoms with E-state index in [4.69, 9.17) is 5.73 Å². The predicted octanol–water partition coefficient (Wildman–Crippen LogP) is 3.14. The molecule has 20 heavy (non-hydrogen) atoms. The van der Waals surface area contributed by atoms with Gasteiger partial charge >= 0.3 is 0 Å². The minimum absolute atomic E-state index is 0.324. The van der Waals surface area contributed by atoms with E-state index in [-0.39, 0.29) is 0 Å². The second-order valence-electron chi connectivity index (χ2n) is 5.54. The van der Waals surface area contributed by atoms with Crippen molar-refractivity contribution in [3.05, 3.63) is 59.7 Å². The lowest BCUT2D eigenvalue weighted by atomic mass is 10.1. The Morgan fingerprint density at radius 3 is 1.90 bits per heavy atom. The fraction of sp³-hybridized carbons (Fsp3) is 0.294. The summed E-state index contributed by atoms with van der Waals surface area (Å²) in [5, 5.41) is 9.35. The number of nitrogen functional groups attached to an aromatic ring is 1. The van der Waals surface area contributed by atoms with Gasteiger partial charge < -0.3 is 10.8 Å². The molecular formula is C17H20N2O. The topological polar surface area (TPSA) is 49.5 Å². The lowest BCUT2D eigenvalue weighted by Crippen LogP contribution is -2.25. The number of aromatic hydroxyl groups is 1. The van der Waals surface area contributed by atoms with E-state index in [0.29, 0.717) is 11.8 Å². The highest BCUT2D eigenvalue weighted by Crippen LogP contribution is 2.30. The normalized spacial score (nSPS) is 14.7. The predicted molar refractivity (Wildman–Crippen MR) is 81.2 cm³/mol. The number of nitrogens with zero attached hydrogens (tertiary/aromatic N) is 1. The molecular weight excluding hydrogens is 248 g/mol. The maximum Gasteiger partial charge on any atom is 0.115 e. The van der Waals surface area contributed by atoms with E-state index < -0.39 is 0 Å². The molecule has 0 aliphatic heterocycles. The Balaban J connectivity index is 1.69. The molecule has 2 aromatic carbocycles. The van der Waals surface area contributed by atoms with Crippen LogP contribution in [-0.4, -0.2) is 16.0 Å². The standard InChI is InChI=1S/C17H20N2O/c18-15-5-1-13(2-6-15)11-19(16-7-8-16)12-14-3-9-17(20)10-4-14/h1-6,9-10,16,20H,7-8,11-12,18H2. The highest BCUT2D eigenvalue weighted by Gasteiger charge is 2.28. The van der Waals surface area contributed by atoms with E-state index in [9.17, 15) is 5.11 Å². The first kappa shape index (κ1) is 13.0. The summed E-state index contributed by atoms with van der Waals surface area (Å²) < 4.78 is 0. The van der Waals surface area contributed by atoms with Gasteiger partial charge in [-0.15, -0.1) is 0 Å². The third-order valence-corrected chi connectivity index (χ3v) is 3.75. The lowest BCUT2D eigenvalue weighted by molar-refractivity contribution is 0.245. The minimum atomic E-state index is 0.324. The van der Waals surface area contributed by atoms with E-state index in [2.05, 4.69) is 17.0 Å². The van der Waals surface area contributed by atoms with Crippen molar-refractivity contribution < 1.29 is 5.11 Å². The Bertz CT molecular complexity index is 511. The first-order valence-corrected chi connectivity index (χ1v) is 7.07. The van der Waals surface area contributed by atoms with Crippen LogP contribution in [0.2, 0.25) is 0 Å². The summed E-state index contributed by atoms with van der Waals surface area (Å²) in [6, 6.07) is 16.3. The van der Waals surface area contributed by atoms with Crippen LogP contribution in [-0.2, 0) is 13.1 Å². The smallest absolute Gasteiger partial charge is 0.115 e. The highest BCUT2D eigenvalue weighted by molar-refractivity contribution is 5.39. The van der Waals surface area contributed by atoms with Crippen LogP contribution >= 0.6 is 0 Å². The molecule has 1 aliphatic rings. The first-order chi connectivity index (χ1) is 9.70. The van der Waals surface area contributed by atoms with Crippen molar-refractivity contribution in [2.45, 2.75) is 32.0 Å². The van der Waals surface area contributed by atoms with Crippen molar-refractivity contribution in [3.63, 3.8) is 0 Å². The van der Waals surface area contributed by atoms with Crippen LogP contribution in [0.1, 0.15) is 24.0 Å². The molecule has 0 unspecified atom stereocenters. The Hall–Kier alpha value is -2.00. The molecule has 3 rings (SSSR count). The molecule has 3 nitrogen and oxygen atoms in total. The Morgan fingerprint density at radius 1 is 0.900 bits per heavy atom. The summed E-state index contributed by atoms with van der Waals surface area (Å²) in [4.78, 5) is 2.50. The third kappa shape index (κ3) is 3.31. The molecule has 0 atom stereocenters. The number of phenols is 1. The highest BCUT2D eigenvalue weighted by atomic mass is 16.3. The lowest BCUT2D eigenvalue weighted by Gasteiger charge is -2.22. The van der Waals surface area contributed by atoms with Crippen molar-refractivity contribution in [3.8, 4) is 5.75 Å². The summed E-state index contributed by atoms with van der Waals surface area (Å²) in [5.41, 5.74) is 9.08. The number of phenolic OH excluding ortho intramolecular Hbond substituents is 1. The molecule has 104 valence electrons. The average Bonchev–Trinajstić information content (AvgIpc) is 3.27. The van der Waals surface area contributed by atoms with E-state index in [0.717, 1.165) is 18.8 Å². The zero-order valence-electron chi connectivity index (χ0n) is 11.5. The van der Waals surface area contributed by atoms with Crippen LogP contribution in [0.5, 0.6) is 5.75 Å². The fourth-order valence-corrected chi connectivity index (χ4v) is 2.45. The second kappa shape index (κ2) is 5.55. The quantitative estimate of drug-likeness (QED) is 0.819. The van der Waals surface area contributed by atoms with Gasteiger partial charge in [-0.05, 0) is 48.2 Å². The van der Waals surface area contributed by atoms with Crippen LogP contribution < -0.4 is 5.73 Å². The molecule has 3 heteroatoms. The van der Waals surface area contributed by atoms with Gasteiger partial charge in [0.25, 0.3) is 0 Å². The van der Waals surface area contributed by atoms with Gasteiger partial charge in [0, 0.05) is 24.8 Å². The zero-order chi connectivity index (χ0) is 13.9. The maximum absolute atomic E-state index is 9.35. The minimum Gasteiger partial charge on any atom is -0.508 e. The van der Waals surface area contributed by atoms with Crippen molar-refractivity contribution in [1.82, 2.24) is 4.90 Å². The summed E-state index contributed by atoms with van der Waals surface area (Å²) in [7, 11) is 0. The molecule has 0 heterocycles. The van der Waals surface area contributed by atoms with Gasteiger partial charge in [0.05, 0.1) is 0 Å². The van der Waals surface area contributed by atoms with E-state index >= 15 is 0 Å². The third-order valence-electron chi connectivity index (χ3n) is 3.75. The fourth-order valence-electron chi connectivity index (χ4n) is 2.45. The zero-order valence-corrected chi connectivity index (χ0v) is 11.5. The Morgan fingerprint density at radius 2 is 1.40 bits per heavy atom. The van der Waals surface area contributed by atoms with Crippen molar-refractivity contribution in [2.75, 3.05) is 5.73 Å². The SMILES string of the molecule is Nc1ccc(CN(Cc2ccc(O)cc2)C2CC2)cc1. The summed E-state index contributed by atoms with van der Waals surface area (Å²) >= 11 is 0. The molecule has 1 saturated carbocycles. The van der Waals surface area contributed by atoms with Crippen LogP contribution in [0.25, 0.3) is 0 Å². The van der Waals surface area contributed by atoms with Gasteiger partial charge in [-0.3, -0.25) is 4.90 Å². The van der Waals surface area contributed by atoms with Gasteiger partial charge in [0.1, 0.15) is 5.75 Å². The van der Waals surface area contributed by atoms with Crippen molar-refractivity contribution in [1.29, 1.82) is 0 Å². The van der Waals surface area contributed by atoms with Crippen molar-refractivity contribution >= 4 is 5.69 Å². The van der Waals surface area contributed by atoms with Crippen LogP contribution in [0.15, 0.2) is 48.5 Å². The average molecular weight is 268 g/mol. The maximum atomic E-state index is 9.35. The van der Waals surface area contributed by atoms with Gasteiger partial charge in [-0.1, -0.05) is 24.3 Å². The monoisotopic (exact) mass is 268 g/mol. The van der Waals surface area contributed by atoms with E-state index in [1.807, 2.05) is 24.3 Å². The number of hydrogen-bond donors (Lipinski definition) is 2. The second-order valence-corrected chi connectivity index (χ2v) is 5.54. The molecule has 2 aromatic rings. The van der Waals surface area contributed by atoms with E-state index in [1.54, 1.807) is 12.1 Å². The number of hydrogen-bond acceptors (Lipinski definition) is 3. The van der Waals surface area contributed by atoms with Gasteiger partial charge in [-0.25, -0.2) is 0 Å². The van der Waals surface area contributed by atoms with Crippen LogP contribution in [0, 0.1) is 0 Å². The number of anilines is 1. The van der Waals surface area contributed by atoms with Crippen LogP contribution in [0.4, 0.5) is 5.69 Å². The van der Waals surface area contributed by atoms with Gasteiger partial charge in [0.15, 0.2) is 0 Å². The first-order valence-electron chi connectivity index (χ1n) is 7.07. The van der Waals surface area contributed by atoms with Crippen LogP contribution in [0.3, 0.4) is 0 Å². The molecule has 0 aromatic heterocycles. The molecule has 0 saturated heterocycles. The molecule has 0 amide bonds. The molecule has 0 spiro atoms. The molecule has 3 N–H and O–H groups in total. The van der Waals surface area contributed by atoms with E-state index in [1.165, 1.54) is 24.0 Å². The number of benzene rings is 2. The Kier molecular flexibility index (Phi) is 3.61.